The van der Waals surface area contributed by atoms with Crippen LogP contribution in [0.5, 0.6) is 0 Å². The van der Waals surface area contributed by atoms with Gasteiger partial charge in [0.25, 0.3) is 0 Å². The summed E-state index contributed by atoms with van der Waals surface area (Å²) < 4.78 is 0. The zero-order chi connectivity index (χ0) is 28.7. The second-order valence-corrected chi connectivity index (χ2v) is 12.5. The summed E-state index contributed by atoms with van der Waals surface area (Å²) in [6, 6.07) is 54.1. The Hall–Kier alpha value is -5.20. The Kier molecular flexibility index (Phi) is 5.05. The first-order chi connectivity index (χ1) is 21.1. The number of rotatable bonds is 2. The van der Waals surface area contributed by atoms with Crippen molar-refractivity contribution in [2.45, 2.75) is 19.3 Å². The molecule has 1 aliphatic rings. The molecule has 0 amide bonds. The fraction of sp³-hybridized carbons (Fsp3) is 0.0698. The first-order valence-electron chi connectivity index (χ1n) is 15.2. The van der Waals surface area contributed by atoms with Crippen molar-refractivity contribution in [2.75, 3.05) is 0 Å². The van der Waals surface area contributed by atoms with Gasteiger partial charge in [-0.25, -0.2) is 0 Å². The van der Waals surface area contributed by atoms with Gasteiger partial charge in [-0.2, -0.15) is 0 Å². The first kappa shape index (κ1) is 24.4. The van der Waals surface area contributed by atoms with E-state index in [9.17, 15) is 0 Å². The lowest BCUT2D eigenvalue weighted by molar-refractivity contribution is 0.661. The lowest BCUT2D eigenvalue weighted by atomic mass is 9.80. The van der Waals surface area contributed by atoms with Crippen LogP contribution >= 0.6 is 0 Å². The molecule has 0 atom stereocenters. The van der Waals surface area contributed by atoms with E-state index in [1.807, 2.05) is 0 Å². The van der Waals surface area contributed by atoms with Crippen molar-refractivity contribution in [3.63, 3.8) is 0 Å². The molecule has 0 bridgehead atoms. The largest absolute Gasteiger partial charge is 0.0619 e. The number of hydrogen-bond donors (Lipinski definition) is 0. The van der Waals surface area contributed by atoms with E-state index in [4.69, 9.17) is 0 Å². The molecule has 1 aliphatic carbocycles. The van der Waals surface area contributed by atoms with Crippen molar-refractivity contribution >= 4 is 43.1 Å². The summed E-state index contributed by atoms with van der Waals surface area (Å²) in [6.45, 7) is 4.74. The Morgan fingerprint density at radius 1 is 0.349 bits per heavy atom. The molecule has 8 aromatic rings. The van der Waals surface area contributed by atoms with E-state index in [1.165, 1.54) is 87.6 Å². The standard InChI is InChI=1S/C43H30/c1-43(2)39-18-10-9-17-36(39)42-34-16-8-7-15-33(34)37(26-40(42)43)28-19-21-29(22-20-28)41-32-14-6-4-12-30(32)25-38-31-13-5-3-11-27(31)23-24-35(38)41/h3-26H,1-2H3. The van der Waals surface area contributed by atoms with Crippen LogP contribution in [0.4, 0.5) is 0 Å². The van der Waals surface area contributed by atoms with Crippen molar-refractivity contribution in [2.24, 2.45) is 0 Å². The fourth-order valence-corrected chi connectivity index (χ4v) is 7.74. The van der Waals surface area contributed by atoms with Gasteiger partial charge in [-0.3, -0.25) is 0 Å². The molecule has 0 spiro atoms. The third-order valence-corrected chi connectivity index (χ3v) is 9.84. The minimum absolute atomic E-state index is 0.0463. The van der Waals surface area contributed by atoms with Gasteiger partial charge in [-0.15, -0.1) is 0 Å². The zero-order valence-electron chi connectivity index (χ0n) is 24.4. The molecule has 0 heterocycles. The van der Waals surface area contributed by atoms with Gasteiger partial charge in [0.05, 0.1) is 0 Å². The van der Waals surface area contributed by atoms with Crippen LogP contribution in [0.25, 0.3) is 76.5 Å². The van der Waals surface area contributed by atoms with Crippen molar-refractivity contribution in [3.8, 4) is 33.4 Å². The van der Waals surface area contributed by atoms with E-state index >= 15 is 0 Å². The Bertz CT molecular complexity index is 2400. The Morgan fingerprint density at radius 3 is 1.77 bits per heavy atom. The molecule has 0 aromatic heterocycles. The third kappa shape index (κ3) is 3.44. The monoisotopic (exact) mass is 546 g/mol. The van der Waals surface area contributed by atoms with E-state index in [2.05, 4.69) is 159 Å². The lowest BCUT2D eigenvalue weighted by Crippen LogP contribution is -2.15. The van der Waals surface area contributed by atoms with Gasteiger partial charge in [0.1, 0.15) is 0 Å². The first-order valence-corrected chi connectivity index (χ1v) is 15.2. The number of hydrogen-bond acceptors (Lipinski definition) is 0. The van der Waals surface area contributed by atoms with Crippen molar-refractivity contribution in [3.05, 3.63) is 157 Å². The molecular formula is C43H30. The van der Waals surface area contributed by atoms with Gasteiger partial charge >= 0.3 is 0 Å². The Labute approximate surface area is 251 Å². The normalized spacial score (nSPS) is 13.5. The quantitative estimate of drug-likeness (QED) is 0.149. The van der Waals surface area contributed by atoms with Gasteiger partial charge in [0.2, 0.25) is 0 Å². The molecule has 0 aliphatic heterocycles. The summed E-state index contributed by atoms with van der Waals surface area (Å²) in [7, 11) is 0. The van der Waals surface area contributed by atoms with Crippen LogP contribution in [-0.2, 0) is 5.41 Å². The molecule has 0 saturated carbocycles. The molecule has 0 nitrogen and oxygen atoms in total. The molecule has 0 heteroatoms. The van der Waals surface area contributed by atoms with E-state index < -0.39 is 0 Å². The second kappa shape index (κ2) is 8.90. The van der Waals surface area contributed by atoms with Crippen molar-refractivity contribution in [1.29, 1.82) is 0 Å². The average Bonchev–Trinajstić information content (AvgIpc) is 3.29. The number of fused-ring (bicyclic) bond motifs is 9. The molecule has 0 radical (unpaired) electrons. The van der Waals surface area contributed by atoms with Crippen molar-refractivity contribution in [1.82, 2.24) is 0 Å². The summed E-state index contributed by atoms with van der Waals surface area (Å²) in [6.07, 6.45) is 0. The highest BCUT2D eigenvalue weighted by Gasteiger charge is 2.36. The highest BCUT2D eigenvalue weighted by Crippen LogP contribution is 2.53. The summed E-state index contributed by atoms with van der Waals surface area (Å²) in [5, 5.41) is 10.4. The summed E-state index contributed by atoms with van der Waals surface area (Å²) in [4.78, 5) is 0. The molecule has 202 valence electrons. The zero-order valence-corrected chi connectivity index (χ0v) is 24.4. The maximum absolute atomic E-state index is 2.46. The van der Waals surface area contributed by atoms with Crippen LogP contribution in [0.1, 0.15) is 25.0 Å². The molecule has 9 rings (SSSR count). The van der Waals surface area contributed by atoms with Crippen LogP contribution in [0, 0.1) is 0 Å². The van der Waals surface area contributed by atoms with Gasteiger partial charge in [0.15, 0.2) is 0 Å². The topological polar surface area (TPSA) is 0 Å². The molecule has 0 saturated heterocycles. The Morgan fingerprint density at radius 2 is 0.953 bits per heavy atom. The van der Waals surface area contributed by atoms with E-state index in [-0.39, 0.29) is 5.41 Å². The predicted octanol–water partition coefficient (Wildman–Crippen LogP) is 11.9. The minimum atomic E-state index is -0.0463. The van der Waals surface area contributed by atoms with Crippen LogP contribution in [0.3, 0.4) is 0 Å². The predicted molar refractivity (Wildman–Crippen MR) is 185 cm³/mol. The van der Waals surface area contributed by atoms with E-state index in [0.717, 1.165) is 0 Å². The number of benzene rings is 8. The van der Waals surface area contributed by atoms with Crippen molar-refractivity contribution < 1.29 is 0 Å². The molecule has 0 N–H and O–H groups in total. The highest BCUT2D eigenvalue weighted by molar-refractivity contribution is 6.20. The smallest absolute Gasteiger partial charge is 0.0159 e. The van der Waals surface area contributed by atoms with Crippen LogP contribution < -0.4 is 0 Å². The fourth-order valence-electron chi connectivity index (χ4n) is 7.74. The van der Waals surface area contributed by atoms with E-state index in [0.29, 0.717) is 0 Å². The summed E-state index contributed by atoms with van der Waals surface area (Å²) in [5.41, 5.74) is 10.7. The highest BCUT2D eigenvalue weighted by atomic mass is 14.4. The summed E-state index contributed by atoms with van der Waals surface area (Å²) in [5.74, 6) is 0. The summed E-state index contributed by atoms with van der Waals surface area (Å²) >= 11 is 0. The lowest BCUT2D eigenvalue weighted by Gasteiger charge is -2.23. The van der Waals surface area contributed by atoms with Crippen LogP contribution in [0.2, 0.25) is 0 Å². The third-order valence-electron chi connectivity index (χ3n) is 9.84. The maximum Gasteiger partial charge on any atom is 0.0159 e. The Balaban J connectivity index is 1.27. The molecular weight excluding hydrogens is 516 g/mol. The van der Waals surface area contributed by atoms with Crippen LogP contribution in [-0.4, -0.2) is 0 Å². The molecule has 0 unspecified atom stereocenters. The minimum Gasteiger partial charge on any atom is -0.0619 e. The van der Waals surface area contributed by atoms with Gasteiger partial charge in [0, 0.05) is 5.41 Å². The molecule has 43 heavy (non-hydrogen) atoms. The molecule has 8 aromatic carbocycles. The van der Waals surface area contributed by atoms with E-state index in [1.54, 1.807) is 0 Å². The maximum atomic E-state index is 2.46. The van der Waals surface area contributed by atoms with Gasteiger partial charge in [-0.1, -0.05) is 147 Å². The van der Waals surface area contributed by atoms with Crippen LogP contribution in [0.15, 0.2) is 146 Å². The van der Waals surface area contributed by atoms with Gasteiger partial charge in [-0.05, 0) is 99.7 Å². The average molecular weight is 547 g/mol. The second-order valence-electron chi connectivity index (χ2n) is 12.5. The van der Waals surface area contributed by atoms with Gasteiger partial charge < -0.3 is 0 Å². The molecule has 0 fully saturated rings. The SMILES string of the molecule is CC1(C)c2ccccc2-c2c1cc(-c1ccc(-c3c4ccccc4cc4c3ccc3ccccc34)cc1)c1ccccc21.